The number of ether oxygens (including phenoxy) is 1. The average molecular weight is 190 g/mol. The normalized spacial score (nSPS) is 10.4. The van der Waals surface area contributed by atoms with Crippen molar-refractivity contribution in [2.75, 3.05) is 39.3 Å². The van der Waals surface area contributed by atoms with Gasteiger partial charge in [0.05, 0.1) is 0 Å². The summed E-state index contributed by atoms with van der Waals surface area (Å²) in [7, 11) is 0. The number of nitrogens with two attached hydrogens (primary N) is 3. The molecule has 6 nitrogen and oxygen atoms in total. The summed E-state index contributed by atoms with van der Waals surface area (Å²) < 4.78 is 4.58. The molecule has 0 aliphatic carbocycles. The Kier molecular flexibility index (Phi) is 7.27. The highest BCUT2D eigenvalue weighted by molar-refractivity contribution is 5.64. The van der Waals surface area contributed by atoms with Crippen LogP contribution >= 0.6 is 0 Å². The molecular weight excluding hydrogens is 172 g/mol. The maximum absolute atomic E-state index is 10.2. The Morgan fingerprint density at radius 3 is 2.08 bits per heavy atom. The average Bonchev–Trinajstić information content (AvgIpc) is 2.04. The maximum atomic E-state index is 10.2. The van der Waals surface area contributed by atoms with Gasteiger partial charge in [0.15, 0.2) is 0 Å². The molecule has 0 aromatic carbocycles. The summed E-state index contributed by atoms with van der Waals surface area (Å²) in [5, 5.41) is 0. The first kappa shape index (κ1) is 12.2. The molecular formula is C7H18N4O2. The van der Waals surface area contributed by atoms with Crippen LogP contribution in [0.1, 0.15) is 0 Å². The first-order valence-corrected chi connectivity index (χ1v) is 4.25. The van der Waals surface area contributed by atoms with Crippen molar-refractivity contribution in [2.24, 2.45) is 17.2 Å². The third-order valence-corrected chi connectivity index (χ3v) is 1.54. The van der Waals surface area contributed by atoms with Gasteiger partial charge in [-0.25, -0.2) is 4.79 Å². The zero-order chi connectivity index (χ0) is 10.1. The fourth-order valence-electron chi connectivity index (χ4n) is 0.976. The first-order valence-electron chi connectivity index (χ1n) is 4.25. The van der Waals surface area contributed by atoms with Crippen molar-refractivity contribution in [1.29, 1.82) is 0 Å². The van der Waals surface area contributed by atoms with Gasteiger partial charge in [-0.05, 0) is 0 Å². The van der Waals surface area contributed by atoms with Crippen molar-refractivity contribution in [1.82, 2.24) is 4.90 Å². The summed E-state index contributed by atoms with van der Waals surface area (Å²) in [6, 6.07) is 0. The van der Waals surface area contributed by atoms with E-state index in [-0.39, 0.29) is 6.61 Å². The Labute approximate surface area is 78.0 Å². The van der Waals surface area contributed by atoms with Crippen LogP contribution < -0.4 is 17.2 Å². The molecule has 0 fully saturated rings. The van der Waals surface area contributed by atoms with E-state index < -0.39 is 6.09 Å². The zero-order valence-electron chi connectivity index (χ0n) is 7.74. The topological polar surface area (TPSA) is 108 Å². The summed E-state index contributed by atoms with van der Waals surface area (Å²) in [6.45, 7) is 3.54. The Bertz CT molecular complexity index is 136. The van der Waals surface area contributed by atoms with Gasteiger partial charge in [0.1, 0.15) is 6.61 Å². The molecule has 0 atom stereocenters. The van der Waals surface area contributed by atoms with Crippen molar-refractivity contribution >= 4 is 6.09 Å². The summed E-state index contributed by atoms with van der Waals surface area (Å²) in [6.07, 6.45) is -0.750. The van der Waals surface area contributed by atoms with Crippen LogP contribution in [0.5, 0.6) is 0 Å². The lowest BCUT2D eigenvalue weighted by molar-refractivity contribution is 0.137. The van der Waals surface area contributed by atoms with E-state index in [1.165, 1.54) is 0 Å². The van der Waals surface area contributed by atoms with Gasteiger partial charge in [0.25, 0.3) is 0 Å². The molecule has 0 heterocycles. The van der Waals surface area contributed by atoms with Gasteiger partial charge >= 0.3 is 6.09 Å². The molecule has 6 heteroatoms. The quantitative estimate of drug-likeness (QED) is 0.443. The highest BCUT2D eigenvalue weighted by Gasteiger charge is 2.02. The zero-order valence-corrected chi connectivity index (χ0v) is 7.74. The molecule has 0 aromatic heterocycles. The van der Waals surface area contributed by atoms with Gasteiger partial charge in [-0.15, -0.1) is 0 Å². The smallest absolute Gasteiger partial charge is 0.404 e. The van der Waals surface area contributed by atoms with Gasteiger partial charge in [-0.3, -0.25) is 4.90 Å². The summed E-state index contributed by atoms with van der Waals surface area (Å²) in [5.41, 5.74) is 15.6. The SMILES string of the molecule is NCCN(CCN)CCOC(N)=O. The standard InChI is InChI=1S/C7H18N4O2/c8-1-3-11(4-2-9)5-6-13-7(10)12/h1-6,8-9H2,(H2,10,12). The Morgan fingerprint density at radius 2 is 1.69 bits per heavy atom. The molecule has 0 aromatic rings. The van der Waals surface area contributed by atoms with Gasteiger partial charge in [-0.1, -0.05) is 0 Å². The number of primary amides is 1. The minimum Gasteiger partial charge on any atom is -0.448 e. The maximum Gasteiger partial charge on any atom is 0.404 e. The molecule has 0 aliphatic rings. The second kappa shape index (κ2) is 7.78. The third-order valence-electron chi connectivity index (χ3n) is 1.54. The second-order valence-corrected chi connectivity index (χ2v) is 2.59. The molecule has 0 saturated heterocycles. The predicted molar refractivity (Wildman–Crippen MR) is 50.1 cm³/mol. The Balaban J connectivity index is 3.49. The summed E-state index contributed by atoms with van der Waals surface area (Å²) in [5.74, 6) is 0. The minimum atomic E-state index is -0.750. The number of rotatable bonds is 7. The van der Waals surface area contributed by atoms with Gasteiger partial charge in [-0.2, -0.15) is 0 Å². The minimum absolute atomic E-state index is 0.287. The molecule has 0 bridgehead atoms. The van der Waals surface area contributed by atoms with Crippen LogP contribution in [-0.2, 0) is 4.74 Å². The largest absolute Gasteiger partial charge is 0.448 e. The summed E-state index contributed by atoms with van der Waals surface area (Å²) in [4.78, 5) is 12.2. The van der Waals surface area contributed by atoms with Crippen LogP contribution in [0.3, 0.4) is 0 Å². The lowest BCUT2D eigenvalue weighted by Crippen LogP contribution is -2.36. The fraction of sp³-hybridized carbons (Fsp3) is 0.857. The van der Waals surface area contributed by atoms with Crippen molar-refractivity contribution in [3.8, 4) is 0 Å². The highest BCUT2D eigenvalue weighted by atomic mass is 16.5. The van der Waals surface area contributed by atoms with Crippen LogP contribution in [0, 0.1) is 0 Å². The van der Waals surface area contributed by atoms with E-state index in [1.54, 1.807) is 0 Å². The van der Waals surface area contributed by atoms with Crippen LogP contribution in [0.25, 0.3) is 0 Å². The van der Waals surface area contributed by atoms with E-state index in [0.29, 0.717) is 19.6 Å². The Morgan fingerprint density at radius 1 is 1.15 bits per heavy atom. The van der Waals surface area contributed by atoms with Crippen LogP contribution in [-0.4, -0.2) is 50.3 Å². The molecule has 78 valence electrons. The number of hydrogen-bond acceptors (Lipinski definition) is 5. The van der Waals surface area contributed by atoms with Crippen molar-refractivity contribution in [3.05, 3.63) is 0 Å². The van der Waals surface area contributed by atoms with E-state index in [9.17, 15) is 4.79 Å². The van der Waals surface area contributed by atoms with E-state index in [2.05, 4.69) is 4.74 Å². The molecule has 0 aliphatic heterocycles. The predicted octanol–water partition coefficient (Wildman–Crippen LogP) is -1.70. The van der Waals surface area contributed by atoms with E-state index in [1.807, 2.05) is 4.90 Å². The molecule has 0 unspecified atom stereocenters. The third kappa shape index (κ3) is 7.51. The molecule has 0 radical (unpaired) electrons. The number of carbonyl (C=O) groups excluding carboxylic acids is 1. The lowest BCUT2D eigenvalue weighted by Gasteiger charge is -2.19. The lowest BCUT2D eigenvalue weighted by atomic mass is 10.4. The molecule has 0 saturated carbocycles. The van der Waals surface area contributed by atoms with Gasteiger partial charge < -0.3 is 21.9 Å². The molecule has 13 heavy (non-hydrogen) atoms. The number of hydrogen-bond donors (Lipinski definition) is 3. The molecule has 0 spiro atoms. The summed E-state index contributed by atoms with van der Waals surface area (Å²) >= 11 is 0. The first-order chi connectivity index (χ1) is 6.20. The molecule has 6 N–H and O–H groups in total. The molecule has 1 amide bonds. The van der Waals surface area contributed by atoms with Gasteiger partial charge in [0, 0.05) is 32.7 Å². The van der Waals surface area contributed by atoms with Crippen LogP contribution in [0.4, 0.5) is 4.79 Å². The monoisotopic (exact) mass is 190 g/mol. The number of nitrogens with zero attached hydrogens (tertiary/aromatic N) is 1. The molecule has 0 rings (SSSR count). The van der Waals surface area contributed by atoms with Crippen molar-refractivity contribution < 1.29 is 9.53 Å². The van der Waals surface area contributed by atoms with E-state index in [4.69, 9.17) is 17.2 Å². The van der Waals surface area contributed by atoms with E-state index in [0.717, 1.165) is 13.1 Å². The van der Waals surface area contributed by atoms with Crippen molar-refractivity contribution in [2.45, 2.75) is 0 Å². The number of carbonyl (C=O) groups is 1. The fourth-order valence-corrected chi connectivity index (χ4v) is 0.976. The van der Waals surface area contributed by atoms with Crippen LogP contribution in [0.2, 0.25) is 0 Å². The van der Waals surface area contributed by atoms with Gasteiger partial charge in [0.2, 0.25) is 0 Å². The van der Waals surface area contributed by atoms with Crippen molar-refractivity contribution in [3.63, 3.8) is 0 Å². The number of amides is 1. The second-order valence-electron chi connectivity index (χ2n) is 2.59. The van der Waals surface area contributed by atoms with E-state index >= 15 is 0 Å². The highest BCUT2D eigenvalue weighted by Crippen LogP contribution is 1.86. The Hall–Kier alpha value is -0.850. The van der Waals surface area contributed by atoms with Crippen LogP contribution in [0.15, 0.2) is 0 Å².